The van der Waals surface area contributed by atoms with Gasteiger partial charge in [-0.05, 0) is 11.4 Å². The number of methoxy groups -OCH3 is 1. The zero-order chi connectivity index (χ0) is 13.8. The molecule has 1 aromatic rings. The number of hydrogen-bond acceptors (Lipinski definition) is 7. The van der Waals surface area contributed by atoms with Crippen LogP contribution in [0, 0.1) is 11.3 Å². The van der Waals surface area contributed by atoms with Crippen LogP contribution in [0.4, 0.5) is 5.69 Å². The number of carbonyl (C=O) groups excluding carboxylic acids is 1. The van der Waals surface area contributed by atoms with Crippen molar-refractivity contribution < 1.29 is 17.9 Å². The van der Waals surface area contributed by atoms with Gasteiger partial charge in [-0.2, -0.15) is 5.26 Å². The van der Waals surface area contributed by atoms with E-state index in [4.69, 9.17) is 5.26 Å². The van der Waals surface area contributed by atoms with E-state index in [1.165, 1.54) is 7.11 Å². The van der Waals surface area contributed by atoms with Gasteiger partial charge < -0.3 is 10.1 Å². The molecule has 1 heterocycles. The van der Waals surface area contributed by atoms with Crippen molar-refractivity contribution in [2.75, 3.05) is 18.7 Å². The van der Waals surface area contributed by atoms with E-state index in [0.29, 0.717) is 10.6 Å². The number of nitriles is 1. The van der Waals surface area contributed by atoms with E-state index in [2.05, 4.69) is 10.1 Å². The number of anilines is 1. The summed E-state index contributed by atoms with van der Waals surface area (Å²) in [7, 11) is -2.33. The lowest BCUT2D eigenvalue weighted by atomic mass is 10.4. The molecular weight excluding hydrogens is 276 g/mol. The first-order valence-corrected chi connectivity index (χ1v) is 7.40. The zero-order valence-electron chi connectivity index (χ0n) is 9.63. The predicted octanol–water partition coefficient (Wildman–Crippen LogP) is 1.36. The minimum atomic E-state index is -3.58. The summed E-state index contributed by atoms with van der Waals surface area (Å²) >= 11 is 1.15. The number of ether oxygens (including phenoxy) is 1. The fourth-order valence-electron chi connectivity index (χ4n) is 1.04. The minimum absolute atomic E-state index is 0.305. The fourth-order valence-corrected chi connectivity index (χ4v) is 2.25. The molecule has 6 nitrogen and oxygen atoms in total. The summed E-state index contributed by atoms with van der Waals surface area (Å²) in [6, 6.07) is 3.15. The molecule has 96 valence electrons. The van der Waals surface area contributed by atoms with Crippen molar-refractivity contribution in [3.05, 3.63) is 27.4 Å². The summed E-state index contributed by atoms with van der Waals surface area (Å²) in [4.78, 5) is 11.2. The summed E-state index contributed by atoms with van der Waals surface area (Å²) in [5, 5.41) is 12.9. The Balaban J connectivity index is 3.01. The molecule has 0 fully saturated rings. The van der Waals surface area contributed by atoms with Gasteiger partial charge in [0.05, 0.1) is 12.8 Å². The molecule has 0 aliphatic rings. The van der Waals surface area contributed by atoms with E-state index in [9.17, 15) is 13.2 Å². The van der Waals surface area contributed by atoms with Crippen LogP contribution in [0.2, 0.25) is 0 Å². The maximum atomic E-state index is 11.4. The molecule has 0 amide bonds. The Morgan fingerprint density at radius 1 is 1.61 bits per heavy atom. The van der Waals surface area contributed by atoms with Crippen LogP contribution in [0.1, 0.15) is 9.67 Å². The number of allylic oxidation sites excluding steroid dienone is 1. The second-order valence-corrected chi connectivity index (χ2v) is 6.09. The molecule has 0 aliphatic carbocycles. The van der Waals surface area contributed by atoms with E-state index < -0.39 is 20.7 Å². The minimum Gasteiger partial charge on any atom is -0.465 e. The van der Waals surface area contributed by atoms with Gasteiger partial charge in [0, 0.05) is 12.5 Å². The van der Waals surface area contributed by atoms with Gasteiger partial charge in [0.1, 0.15) is 10.9 Å². The number of rotatable bonds is 4. The van der Waals surface area contributed by atoms with Crippen LogP contribution in [0.15, 0.2) is 22.6 Å². The Morgan fingerprint density at radius 2 is 2.28 bits per heavy atom. The summed E-state index contributed by atoms with van der Waals surface area (Å²) in [6.07, 6.45) is 1.97. The third-order valence-corrected chi connectivity index (χ3v) is 3.81. The van der Waals surface area contributed by atoms with Crippen LogP contribution in [-0.2, 0) is 14.6 Å². The summed E-state index contributed by atoms with van der Waals surface area (Å²) in [6.45, 7) is 0. The number of sulfone groups is 1. The van der Waals surface area contributed by atoms with Gasteiger partial charge in [-0.15, -0.1) is 11.3 Å². The molecule has 0 atom stereocenters. The van der Waals surface area contributed by atoms with Crippen molar-refractivity contribution in [1.82, 2.24) is 0 Å². The quantitative estimate of drug-likeness (QED) is 0.663. The van der Waals surface area contributed by atoms with Gasteiger partial charge in [0.15, 0.2) is 14.7 Å². The van der Waals surface area contributed by atoms with E-state index in [1.54, 1.807) is 17.5 Å². The Kier molecular flexibility index (Phi) is 4.47. The van der Waals surface area contributed by atoms with Gasteiger partial charge in [-0.25, -0.2) is 13.2 Å². The highest BCUT2D eigenvalue weighted by Crippen LogP contribution is 2.23. The lowest BCUT2D eigenvalue weighted by Crippen LogP contribution is -2.04. The van der Waals surface area contributed by atoms with Crippen LogP contribution < -0.4 is 5.32 Å². The maximum Gasteiger partial charge on any atom is 0.350 e. The van der Waals surface area contributed by atoms with E-state index in [1.807, 2.05) is 0 Å². The number of esters is 1. The Hall–Kier alpha value is -1.85. The number of nitrogens with one attached hydrogen (secondary N) is 1. The van der Waals surface area contributed by atoms with E-state index in [0.717, 1.165) is 23.8 Å². The zero-order valence-corrected chi connectivity index (χ0v) is 11.3. The third-order valence-electron chi connectivity index (χ3n) is 1.90. The standard InChI is InChI=1S/C10H10N2O4S2/c1-16-10(13)9-8(3-4-17-9)12-6-7(5-11)18(2,14)15/h3-4,6,12H,1-2H3/b7-6+. The number of carbonyl (C=O) groups is 1. The van der Waals surface area contributed by atoms with Crippen molar-refractivity contribution in [2.45, 2.75) is 0 Å². The number of nitrogens with zero attached hydrogens (tertiary/aromatic N) is 1. The molecule has 1 rings (SSSR count). The monoisotopic (exact) mass is 286 g/mol. The molecule has 0 saturated carbocycles. The molecule has 0 aliphatic heterocycles. The molecule has 0 unspecified atom stereocenters. The second kappa shape index (κ2) is 5.66. The molecule has 0 aromatic carbocycles. The lowest BCUT2D eigenvalue weighted by molar-refractivity contribution is 0.0607. The summed E-state index contributed by atoms with van der Waals surface area (Å²) in [5.41, 5.74) is 0.392. The number of thiophene rings is 1. The topological polar surface area (TPSA) is 96.3 Å². The highest BCUT2D eigenvalue weighted by molar-refractivity contribution is 7.94. The van der Waals surface area contributed by atoms with Gasteiger partial charge in [0.25, 0.3) is 0 Å². The van der Waals surface area contributed by atoms with Gasteiger partial charge in [-0.1, -0.05) is 0 Å². The molecule has 8 heteroatoms. The molecule has 0 radical (unpaired) electrons. The van der Waals surface area contributed by atoms with E-state index in [-0.39, 0.29) is 0 Å². The van der Waals surface area contributed by atoms with Crippen LogP contribution in [-0.4, -0.2) is 27.8 Å². The lowest BCUT2D eigenvalue weighted by Gasteiger charge is -2.02. The van der Waals surface area contributed by atoms with Crippen molar-refractivity contribution in [3.8, 4) is 6.07 Å². The highest BCUT2D eigenvalue weighted by atomic mass is 32.2. The normalized spacial score (nSPS) is 11.7. The Bertz CT molecular complexity index is 623. The van der Waals surface area contributed by atoms with E-state index >= 15 is 0 Å². The second-order valence-electron chi connectivity index (χ2n) is 3.19. The van der Waals surface area contributed by atoms with Crippen molar-refractivity contribution >= 4 is 32.8 Å². The molecular formula is C10H10N2O4S2. The van der Waals surface area contributed by atoms with Crippen LogP contribution in [0.25, 0.3) is 0 Å². The fraction of sp³-hybridized carbons (Fsp3) is 0.200. The average molecular weight is 286 g/mol. The SMILES string of the molecule is COC(=O)c1sccc1N/C=C(\C#N)S(C)(=O)=O. The van der Waals surface area contributed by atoms with Crippen molar-refractivity contribution in [2.24, 2.45) is 0 Å². The average Bonchev–Trinajstić information content (AvgIpc) is 2.75. The van der Waals surface area contributed by atoms with Crippen LogP contribution in [0.3, 0.4) is 0 Å². The first-order chi connectivity index (χ1) is 8.40. The van der Waals surface area contributed by atoms with Gasteiger partial charge in [0.2, 0.25) is 0 Å². The first-order valence-electron chi connectivity index (χ1n) is 4.62. The molecule has 1 aromatic heterocycles. The largest absolute Gasteiger partial charge is 0.465 e. The smallest absolute Gasteiger partial charge is 0.350 e. The highest BCUT2D eigenvalue weighted by Gasteiger charge is 2.14. The van der Waals surface area contributed by atoms with Crippen molar-refractivity contribution in [1.29, 1.82) is 5.26 Å². The first kappa shape index (κ1) is 14.2. The maximum absolute atomic E-state index is 11.4. The summed E-state index contributed by atoms with van der Waals surface area (Å²) < 4.78 is 26.9. The molecule has 1 N–H and O–H groups in total. The molecule has 0 saturated heterocycles. The Morgan fingerprint density at radius 3 is 2.78 bits per heavy atom. The molecule has 18 heavy (non-hydrogen) atoms. The molecule has 0 spiro atoms. The van der Waals surface area contributed by atoms with Crippen molar-refractivity contribution in [3.63, 3.8) is 0 Å². The predicted molar refractivity (Wildman–Crippen MR) is 67.8 cm³/mol. The third kappa shape index (κ3) is 3.32. The van der Waals surface area contributed by atoms with Gasteiger partial charge in [-0.3, -0.25) is 0 Å². The van der Waals surface area contributed by atoms with Crippen LogP contribution >= 0.6 is 11.3 Å². The summed E-state index contributed by atoms with van der Waals surface area (Å²) in [5.74, 6) is -0.529. The Labute approximate surface area is 108 Å². The number of hydrogen-bond donors (Lipinski definition) is 1. The van der Waals surface area contributed by atoms with Gasteiger partial charge >= 0.3 is 5.97 Å². The molecule has 0 bridgehead atoms. The van der Waals surface area contributed by atoms with Crippen LogP contribution in [0.5, 0.6) is 0 Å².